The minimum atomic E-state index is -0.162. The highest BCUT2D eigenvalue weighted by molar-refractivity contribution is 5.92. The number of aromatic nitrogens is 2. The molecule has 1 aromatic carbocycles. The molecule has 1 amide bonds. The van der Waals surface area contributed by atoms with Crippen LogP contribution in [0.1, 0.15) is 49.1 Å². The molecule has 0 bridgehead atoms. The fourth-order valence-electron chi connectivity index (χ4n) is 2.36. The Kier molecular flexibility index (Phi) is 5.90. The summed E-state index contributed by atoms with van der Waals surface area (Å²) in [7, 11) is 0. The molecule has 1 aromatic heterocycles. The molecule has 5 heteroatoms. The van der Waals surface area contributed by atoms with E-state index in [4.69, 9.17) is 0 Å². The second-order valence-electron chi connectivity index (χ2n) is 6.91. The Morgan fingerprint density at radius 2 is 1.83 bits per heavy atom. The molecule has 0 radical (unpaired) electrons. The molecule has 0 unspecified atom stereocenters. The summed E-state index contributed by atoms with van der Waals surface area (Å²) >= 11 is 0. The Bertz CT molecular complexity index is 678. The number of nitrogens with zero attached hydrogens (tertiary/aromatic N) is 2. The van der Waals surface area contributed by atoms with Gasteiger partial charge < -0.3 is 10.6 Å². The minimum absolute atomic E-state index is 0.121. The van der Waals surface area contributed by atoms with Gasteiger partial charge >= 0.3 is 0 Å². The van der Waals surface area contributed by atoms with Crippen LogP contribution >= 0.6 is 0 Å². The van der Waals surface area contributed by atoms with E-state index in [-0.39, 0.29) is 11.4 Å². The summed E-state index contributed by atoms with van der Waals surface area (Å²) in [6.45, 7) is 8.56. The van der Waals surface area contributed by atoms with E-state index < -0.39 is 0 Å². The van der Waals surface area contributed by atoms with Crippen LogP contribution in [-0.2, 0) is 6.42 Å². The smallest absolute Gasteiger partial charge is 0.270 e. The Morgan fingerprint density at radius 1 is 1.12 bits per heavy atom. The van der Waals surface area contributed by atoms with Gasteiger partial charge in [-0.05, 0) is 46.1 Å². The Morgan fingerprint density at radius 3 is 2.50 bits per heavy atom. The molecule has 0 aliphatic carbocycles. The van der Waals surface area contributed by atoms with Crippen molar-refractivity contribution in [3.63, 3.8) is 0 Å². The average Bonchev–Trinajstić information content (AvgIpc) is 2.50. The van der Waals surface area contributed by atoms with Crippen LogP contribution in [0.4, 0.5) is 5.82 Å². The zero-order chi connectivity index (χ0) is 17.6. The number of nitrogens with one attached hydrogen (secondary N) is 2. The number of carbonyl (C=O) groups is 1. The molecule has 1 heterocycles. The normalized spacial score (nSPS) is 11.2. The first-order valence-corrected chi connectivity index (χ1v) is 8.29. The molecule has 0 saturated carbocycles. The number of carbonyl (C=O) groups excluding carboxylic acids is 1. The fourth-order valence-corrected chi connectivity index (χ4v) is 2.36. The van der Waals surface area contributed by atoms with Gasteiger partial charge in [0.2, 0.25) is 0 Å². The summed E-state index contributed by atoms with van der Waals surface area (Å²) in [4.78, 5) is 20.9. The zero-order valence-corrected chi connectivity index (χ0v) is 14.9. The van der Waals surface area contributed by atoms with Gasteiger partial charge in [-0.1, -0.05) is 30.3 Å². The number of benzene rings is 1. The summed E-state index contributed by atoms with van der Waals surface area (Å²) in [6, 6.07) is 12.0. The monoisotopic (exact) mass is 326 g/mol. The maximum Gasteiger partial charge on any atom is 0.270 e. The topological polar surface area (TPSA) is 66.9 Å². The van der Waals surface area contributed by atoms with Crippen molar-refractivity contribution in [2.45, 2.75) is 46.1 Å². The molecular weight excluding hydrogens is 300 g/mol. The molecule has 2 rings (SSSR count). The third-order valence-electron chi connectivity index (χ3n) is 3.34. The molecule has 5 nitrogen and oxygen atoms in total. The molecule has 0 saturated heterocycles. The van der Waals surface area contributed by atoms with Gasteiger partial charge in [0.1, 0.15) is 17.3 Å². The Labute approximate surface area is 143 Å². The summed E-state index contributed by atoms with van der Waals surface area (Å²) in [5, 5.41) is 6.20. The largest absolute Gasteiger partial charge is 0.365 e. The van der Waals surface area contributed by atoms with Gasteiger partial charge in [-0.15, -0.1) is 0 Å². The maximum absolute atomic E-state index is 12.3. The molecule has 0 fully saturated rings. The van der Waals surface area contributed by atoms with Crippen molar-refractivity contribution >= 4 is 11.7 Å². The van der Waals surface area contributed by atoms with Crippen LogP contribution in [0, 0.1) is 6.92 Å². The fraction of sp³-hybridized carbons (Fsp3) is 0.421. The second-order valence-corrected chi connectivity index (χ2v) is 6.91. The van der Waals surface area contributed by atoms with E-state index in [1.54, 1.807) is 13.0 Å². The third kappa shape index (κ3) is 5.99. The van der Waals surface area contributed by atoms with Gasteiger partial charge in [0.15, 0.2) is 0 Å². The van der Waals surface area contributed by atoms with Crippen molar-refractivity contribution < 1.29 is 4.79 Å². The summed E-state index contributed by atoms with van der Waals surface area (Å²) in [5.74, 6) is 1.09. The lowest BCUT2D eigenvalue weighted by Gasteiger charge is -2.21. The average molecular weight is 326 g/mol. The summed E-state index contributed by atoms with van der Waals surface area (Å²) in [6.07, 6.45) is 1.84. The summed E-state index contributed by atoms with van der Waals surface area (Å²) < 4.78 is 0. The molecule has 128 valence electrons. The summed E-state index contributed by atoms with van der Waals surface area (Å²) in [5.41, 5.74) is 1.56. The van der Waals surface area contributed by atoms with Crippen LogP contribution in [0.3, 0.4) is 0 Å². The minimum Gasteiger partial charge on any atom is -0.365 e. The number of anilines is 1. The van der Waals surface area contributed by atoms with Crippen LogP contribution in [0.15, 0.2) is 36.4 Å². The van der Waals surface area contributed by atoms with E-state index in [9.17, 15) is 4.79 Å². The van der Waals surface area contributed by atoms with Gasteiger partial charge in [0.05, 0.1) is 0 Å². The number of hydrogen-bond acceptors (Lipinski definition) is 4. The first-order valence-electron chi connectivity index (χ1n) is 8.29. The standard InChI is InChI=1S/C19H26N4O/c1-14-21-16(13-17(22-14)23-19(2,3)4)18(24)20-12-8-11-15-9-6-5-7-10-15/h5-7,9-10,13H,8,11-12H2,1-4H3,(H,20,24)(H,21,22,23). The van der Waals surface area contributed by atoms with E-state index in [0.29, 0.717) is 23.9 Å². The molecule has 0 spiro atoms. The molecule has 0 aliphatic heterocycles. The van der Waals surface area contributed by atoms with Crippen molar-refractivity contribution in [1.82, 2.24) is 15.3 Å². The molecule has 2 N–H and O–H groups in total. The van der Waals surface area contributed by atoms with Crippen molar-refractivity contribution in [2.75, 3.05) is 11.9 Å². The first-order chi connectivity index (χ1) is 11.3. The zero-order valence-electron chi connectivity index (χ0n) is 14.9. The van der Waals surface area contributed by atoms with E-state index in [0.717, 1.165) is 12.8 Å². The predicted octanol–water partition coefficient (Wildman–Crippen LogP) is 3.36. The molecule has 24 heavy (non-hydrogen) atoms. The van der Waals surface area contributed by atoms with Gasteiger partial charge in [-0.3, -0.25) is 4.79 Å². The Hall–Kier alpha value is -2.43. The van der Waals surface area contributed by atoms with Crippen molar-refractivity contribution in [3.8, 4) is 0 Å². The highest BCUT2D eigenvalue weighted by Gasteiger charge is 2.14. The third-order valence-corrected chi connectivity index (χ3v) is 3.34. The van der Waals surface area contributed by atoms with Gasteiger partial charge in [-0.2, -0.15) is 0 Å². The number of aryl methyl sites for hydroxylation is 2. The predicted molar refractivity (Wildman–Crippen MR) is 97.2 cm³/mol. The van der Waals surface area contributed by atoms with E-state index in [1.165, 1.54) is 5.56 Å². The Balaban J connectivity index is 1.89. The molecule has 2 aromatic rings. The van der Waals surface area contributed by atoms with Crippen molar-refractivity contribution in [1.29, 1.82) is 0 Å². The lowest BCUT2D eigenvalue weighted by molar-refractivity contribution is 0.0948. The lowest BCUT2D eigenvalue weighted by Crippen LogP contribution is -2.29. The van der Waals surface area contributed by atoms with Crippen LogP contribution in [0.5, 0.6) is 0 Å². The molecule has 0 atom stereocenters. The van der Waals surface area contributed by atoms with Gasteiger partial charge in [0.25, 0.3) is 5.91 Å². The van der Waals surface area contributed by atoms with Crippen LogP contribution in [-0.4, -0.2) is 28.0 Å². The number of rotatable bonds is 6. The second kappa shape index (κ2) is 7.90. The number of amides is 1. The molecular formula is C19H26N4O. The lowest BCUT2D eigenvalue weighted by atomic mass is 10.1. The van der Waals surface area contributed by atoms with E-state index in [1.807, 2.05) is 39.0 Å². The quantitative estimate of drug-likeness (QED) is 0.799. The number of hydrogen-bond donors (Lipinski definition) is 2. The van der Waals surface area contributed by atoms with Crippen molar-refractivity contribution in [3.05, 3.63) is 53.5 Å². The highest BCUT2D eigenvalue weighted by Crippen LogP contribution is 2.13. The van der Waals surface area contributed by atoms with Crippen LogP contribution < -0.4 is 10.6 Å². The maximum atomic E-state index is 12.3. The SMILES string of the molecule is Cc1nc(NC(C)(C)C)cc(C(=O)NCCCc2ccccc2)n1. The highest BCUT2D eigenvalue weighted by atomic mass is 16.1. The van der Waals surface area contributed by atoms with E-state index in [2.05, 4.69) is 32.7 Å². The van der Waals surface area contributed by atoms with Crippen LogP contribution in [0.25, 0.3) is 0 Å². The van der Waals surface area contributed by atoms with Gasteiger partial charge in [-0.25, -0.2) is 9.97 Å². The van der Waals surface area contributed by atoms with Crippen LogP contribution in [0.2, 0.25) is 0 Å². The van der Waals surface area contributed by atoms with E-state index >= 15 is 0 Å². The van der Waals surface area contributed by atoms with Crippen molar-refractivity contribution in [2.24, 2.45) is 0 Å². The van der Waals surface area contributed by atoms with Gasteiger partial charge in [0, 0.05) is 18.2 Å². The molecule has 0 aliphatic rings. The first kappa shape index (κ1) is 17.9.